The Morgan fingerprint density at radius 2 is 2.16 bits per heavy atom. The summed E-state index contributed by atoms with van der Waals surface area (Å²) >= 11 is 3.29. The second-order valence-electron chi connectivity index (χ2n) is 4.13. The Labute approximate surface area is 119 Å². The molecule has 0 aliphatic rings. The highest BCUT2D eigenvalue weighted by Crippen LogP contribution is 2.25. The molecule has 4 nitrogen and oxygen atoms in total. The maximum absolute atomic E-state index is 13.7. The summed E-state index contributed by atoms with van der Waals surface area (Å²) in [5.41, 5.74) is 0.314. The number of rotatable bonds is 6. The highest BCUT2D eigenvalue weighted by Gasteiger charge is 2.13. The van der Waals surface area contributed by atoms with E-state index in [2.05, 4.69) is 38.4 Å². The van der Waals surface area contributed by atoms with E-state index in [9.17, 15) is 4.39 Å². The van der Waals surface area contributed by atoms with Gasteiger partial charge in [-0.15, -0.1) is 10.2 Å². The van der Waals surface area contributed by atoms with Crippen LogP contribution in [0.5, 0.6) is 0 Å². The van der Waals surface area contributed by atoms with Crippen molar-refractivity contribution in [3.8, 4) is 11.5 Å². The number of aromatic nitrogens is 2. The van der Waals surface area contributed by atoms with Crippen molar-refractivity contribution < 1.29 is 8.81 Å². The van der Waals surface area contributed by atoms with E-state index in [1.807, 2.05) is 0 Å². The fourth-order valence-electron chi connectivity index (χ4n) is 1.62. The molecular weight excluding hydrogens is 313 g/mol. The highest BCUT2D eigenvalue weighted by atomic mass is 79.9. The van der Waals surface area contributed by atoms with E-state index in [-0.39, 0.29) is 11.7 Å². The van der Waals surface area contributed by atoms with Gasteiger partial charge in [-0.3, -0.25) is 0 Å². The molecule has 19 heavy (non-hydrogen) atoms. The van der Waals surface area contributed by atoms with Crippen LogP contribution in [0.4, 0.5) is 4.39 Å². The zero-order chi connectivity index (χ0) is 13.7. The molecule has 1 aromatic carbocycles. The van der Waals surface area contributed by atoms with Crippen LogP contribution in [0.1, 0.15) is 19.2 Å². The number of nitrogens with one attached hydrogen (secondary N) is 1. The molecule has 1 heterocycles. The van der Waals surface area contributed by atoms with Gasteiger partial charge in [0.05, 0.1) is 5.56 Å². The van der Waals surface area contributed by atoms with Gasteiger partial charge in [0.15, 0.2) is 0 Å². The van der Waals surface area contributed by atoms with Crippen LogP contribution in [0.3, 0.4) is 0 Å². The van der Waals surface area contributed by atoms with E-state index >= 15 is 0 Å². The Balaban J connectivity index is 2.06. The van der Waals surface area contributed by atoms with Crippen LogP contribution in [0.15, 0.2) is 27.1 Å². The van der Waals surface area contributed by atoms with Crippen LogP contribution in [0.2, 0.25) is 0 Å². The molecule has 0 aliphatic heterocycles. The molecule has 0 atom stereocenters. The minimum atomic E-state index is -0.373. The molecule has 102 valence electrons. The predicted octanol–water partition coefficient (Wildman–Crippen LogP) is 3.18. The molecule has 2 aromatic rings. The van der Waals surface area contributed by atoms with Crippen molar-refractivity contribution >= 4 is 15.9 Å². The summed E-state index contributed by atoms with van der Waals surface area (Å²) in [6, 6.07) is 4.62. The van der Waals surface area contributed by atoms with Crippen LogP contribution in [0, 0.1) is 5.82 Å². The minimum absolute atomic E-state index is 0.212. The predicted molar refractivity (Wildman–Crippen MR) is 74.3 cm³/mol. The first-order valence-corrected chi connectivity index (χ1v) is 6.98. The first-order valence-electron chi connectivity index (χ1n) is 6.19. The highest BCUT2D eigenvalue weighted by molar-refractivity contribution is 9.10. The molecule has 0 bridgehead atoms. The molecule has 0 aliphatic carbocycles. The number of benzene rings is 1. The van der Waals surface area contributed by atoms with E-state index in [4.69, 9.17) is 4.42 Å². The van der Waals surface area contributed by atoms with Crippen molar-refractivity contribution in [2.24, 2.45) is 0 Å². The maximum Gasteiger partial charge on any atom is 0.250 e. The summed E-state index contributed by atoms with van der Waals surface area (Å²) in [6.07, 6.45) is 1.72. The van der Waals surface area contributed by atoms with E-state index < -0.39 is 0 Å². The van der Waals surface area contributed by atoms with Gasteiger partial charge in [0.1, 0.15) is 5.82 Å². The lowest BCUT2D eigenvalue weighted by molar-refractivity contribution is 0.491. The molecule has 0 unspecified atom stereocenters. The molecule has 6 heteroatoms. The topological polar surface area (TPSA) is 51.0 Å². The van der Waals surface area contributed by atoms with Gasteiger partial charge in [-0.2, -0.15) is 0 Å². The second-order valence-corrected chi connectivity index (χ2v) is 5.04. The van der Waals surface area contributed by atoms with Crippen LogP contribution in [-0.4, -0.2) is 23.3 Å². The SMILES string of the molecule is CCCNCCc1nnc(-c2cc(Br)ccc2F)o1. The van der Waals surface area contributed by atoms with Gasteiger partial charge in [0, 0.05) is 17.4 Å². The van der Waals surface area contributed by atoms with Crippen LogP contribution in [-0.2, 0) is 6.42 Å². The standard InChI is InChI=1S/C13H15BrFN3O/c1-2-6-16-7-5-12-17-18-13(19-12)10-8-9(14)3-4-11(10)15/h3-4,8,16H,2,5-7H2,1H3. The van der Waals surface area contributed by atoms with Crippen molar-refractivity contribution in [2.45, 2.75) is 19.8 Å². The summed E-state index contributed by atoms with van der Waals surface area (Å²) in [6.45, 7) is 3.84. The smallest absolute Gasteiger partial charge is 0.250 e. The molecule has 1 N–H and O–H groups in total. The van der Waals surface area contributed by atoms with Crippen LogP contribution < -0.4 is 5.32 Å². The summed E-state index contributed by atoms with van der Waals surface area (Å²) in [4.78, 5) is 0. The van der Waals surface area contributed by atoms with Gasteiger partial charge in [0.25, 0.3) is 5.89 Å². The largest absolute Gasteiger partial charge is 0.421 e. The van der Waals surface area contributed by atoms with Gasteiger partial charge < -0.3 is 9.73 Å². The molecule has 2 rings (SSSR count). The van der Waals surface area contributed by atoms with E-state index in [1.165, 1.54) is 6.07 Å². The quantitative estimate of drug-likeness (QED) is 0.828. The summed E-state index contributed by atoms with van der Waals surface area (Å²) < 4.78 is 19.9. The molecule has 0 saturated heterocycles. The fraction of sp³-hybridized carbons (Fsp3) is 0.385. The Bertz CT molecular complexity index is 544. The van der Waals surface area contributed by atoms with Crippen molar-refractivity contribution in [1.29, 1.82) is 0 Å². The van der Waals surface area contributed by atoms with E-state index in [1.54, 1.807) is 12.1 Å². The molecule has 0 fully saturated rings. The Morgan fingerprint density at radius 1 is 1.32 bits per heavy atom. The Kier molecular flexibility index (Phi) is 5.04. The van der Waals surface area contributed by atoms with Crippen molar-refractivity contribution in [3.63, 3.8) is 0 Å². The lowest BCUT2D eigenvalue weighted by atomic mass is 10.2. The third-order valence-electron chi connectivity index (χ3n) is 2.57. The van der Waals surface area contributed by atoms with Crippen LogP contribution in [0.25, 0.3) is 11.5 Å². The number of nitrogens with zero attached hydrogens (tertiary/aromatic N) is 2. The first-order chi connectivity index (χ1) is 9.20. The van der Waals surface area contributed by atoms with Crippen molar-refractivity contribution in [3.05, 3.63) is 34.4 Å². The van der Waals surface area contributed by atoms with E-state index in [0.717, 1.165) is 24.0 Å². The molecule has 0 spiro atoms. The monoisotopic (exact) mass is 327 g/mol. The zero-order valence-electron chi connectivity index (χ0n) is 10.6. The fourth-order valence-corrected chi connectivity index (χ4v) is 1.98. The summed E-state index contributed by atoms with van der Waals surface area (Å²) in [7, 11) is 0. The number of halogens is 2. The van der Waals surface area contributed by atoms with Crippen molar-refractivity contribution in [1.82, 2.24) is 15.5 Å². The lowest BCUT2D eigenvalue weighted by Crippen LogP contribution is -2.17. The molecule has 0 amide bonds. The average molecular weight is 328 g/mol. The first kappa shape index (κ1) is 14.1. The normalized spacial score (nSPS) is 10.9. The average Bonchev–Trinajstić information content (AvgIpc) is 2.86. The third kappa shape index (κ3) is 3.84. The van der Waals surface area contributed by atoms with E-state index in [0.29, 0.717) is 17.9 Å². The Morgan fingerprint density at radius 3 is 2.95 bits per heavy atom. The number of hydrogen-bond donors (Lipinski definition) is 1. The third-order valence-corrected chi connectivity index (χ3v) is 3.06. The second kappa shape index (κ2) is 6.77. The molecule has 0 saturated carbocycles. The van der Waals surface area contributed by atoms with Gasteiger partial charge in [0.2, 0.25) is 5.89 Å². The van der Waals surface area contributed by atoms with Gasteiger partial charge in [-0.05, 0) is 31.2 Å². The number of hydrogen-bond acceptors (Lipinski definition) is 4. The van der Waals surface area contributed by atoms with Gasteiger partial charge in [-0.25, -0.2) is 4.39 Å². The van der Waals surface area contributed by atoms with Crippen LogP contribution >= 0.6 is 15.9 Å². The Hall–Kier alpha value is -1.27. The maximum atomic E-state index is 13.7. The summed E-state index contributed by atoms with van der Waals surface area (Å²) in [5, 5.41) is 11.0. The zero-order valence-corrected chi connectivity index (χ0v) is 12.2. The van der Waals surface area contributed by atoms with Crippen molar-refractivity contribution in [2.75, 3.05) is 13.1 Å². The summed E-state index contributed by atoms with van der Waals surface area (Å²) in [5.74, 6) is 0.352. The van der Waals surface area contributed by atoms with Gasteiger partial charge >= 0.3 is 0 Å². The lowest BCUT2D eigenvalue weighted by Gasteiger charge is -1.99. The molecular formula is C13H15BrFN3O. The molecule has 0 radical (unpaired) electrons. The van der Waals surface area contributed by atoms with Gasteiger partial charge in [-0.1, -0.05) is 22.9 Å². The molecule has 1 aromatic heterocycles. The minimum Gasteiger partial charge on any atom is -0.421 e.